The first-order chi connectivity index (χ1) is 5.27. The van der Waals surface area contributed by atoms with Crippen LogP contribution in [0.15, 0.2) is 11.4 Å². The minimum atomic E-state index is 0.569. The SMILES string of the molecule is CCC(CN)c1csc(C)c1. The fourth-order valence-corrected chi connectivity index (χ4v) is 2.00. The molecule has 2 N–H and O–H groups in total. The maximum Gasteiger partial charge on any atom is 0.00171 e. The molecule has 1 heterocycles. The molecule has 0 saturated heterocycles. The Bertz CT molecular complexity index is 213. The molecule has 0 aliphatic heterocycles. The molecule has 0 aliphatic rings. The van der Waals surface area contributed by atoms with Crippen molar-refractivity contribution in [3.05, 3.63) is 21.9 Å². The molecule has 0 amide bonds. The molecule has 1 aromatic heterocycles. The summed E-state index contributed by atoms with van der Waals surface area (Å²) in [4.78, 5) is 1.38. The number of nitrogens with two attached hydrogens (primary N) is 1. The van der Waals surface area contributed by atoms with Gasteiger partial charge in [0.25, 0.3) is 0 Å². The largest absolute Gasteiger partial charge is 0.330 e. The monoisotopic (exact) mass is 169 g/mol. The van der Waals surface area contributed by atoms with Gasteiger partial charge >= 0.3 is 0 Å². The summed E-state index contributed by atoms with van der Waals surface area (Å²) < 4.78 is 0. The van der Waals surface area contributed by atoms with Crippen molar-refractivity contribution in [2.45, 2.75) is 26.2 Å². The van der Waals surface area contributed by atoms with E-state index in [0.717, 1.165) is 13.0 Å². The van der Waals surface area contributed by atoms with Gasteiger partial charge in [0, 0.05) is 4.88 Å². The quantitative estimate of drug-likeness (QED) is 0.739. The van der Waals surface area contributed by atoms with Crippen LogP contribution in [0.5, 0.6) is 0 Å². The molecule has 62 valence electrons. The molecular formula is C9H15NS. The van der Waals surface area contributed by atoms with Crippen LogP contribution in [0.3, 0.4) is 0 Å². The second kappa shape index (κ2) is 3.88. The summed E-state index contributed by atoms with van der Waals surface area (Å²) in [5, 5.41) is 2.22. The van der Waals surface area contributed by atoms with Crippen molar-refractivity contribution in [3.63, 3.8) is 0 Å². The van der Waals surface area contributed by atoms with Crippen LogP contribution in [0, 0.1) is 6.92 Å². The fourth-order valence-electron chi connectivity index (χ4n) is 1.22. The standard InChI is InChI=1S/C9H15NS/c1-3-8(5-10)9-4-7(2)11-6-9/h4,6,8H,3,5,10H2,1-2H3. The summed E-state index contributed by atoms with van der Waals surface area (Å²) in [6, 6.07) is 2.24. The third-order valence-electron chi connectivity index (χ3n) is 2.00. The fraction of sp³-hybridized carbons (Fsp3) is 0.556. The highest BCUT2D eigenvalue weighted by atomic mass is 32.1. The van der Waals surface area contributed by atoms with E-state index in [1.54, 1.807) is 0 Å². The molecule has 11 heavy (non-hydrogen) atoms. The Morgan fingerprint density at radius 3 is 2.73 bits per heavy atom. The smallest absolute Gasteiger partial charge is 0.00171 e. The molecule has 0 spiro atoms. The number of rotatable bonds is 3. The van der Waals surface area contributed by atoms with Crippen molar-refractivity contribution in [2.24, 2.45) is 5.73 Å². The van der Waals surface area contributed by atoms with Crippen molar-refractivity contribution in [1.29, 1.82) is 0 Å². The van der Waals surface area contributed by atoms with Gasteiger partial charge in [0.2, 0.25) is 0 Å². The lowest BCUT2D eigenvalue weighted by atomic mass is 10.00. The lowest BCUT2D eigenvalue weighted by Crippen LogP contribution is -2.10. The van der Waals surface area contributed by atoms with E-state index in [9.17, 15) is 0 Å². The summed E-state index contributed by atoms with van der Waals surface area (Å²) in [5.74, 6) is 0.569. The van der Waals surface area contributed by atoms with Gasteiger partial charge in [-0.2, -0.15) is 0 Å². The summed E-state index contributed by atoms with van der Waals surface area (Å²) in [6.07, 6.45) is 1.15. The Morgan fingerprint density at radius 2 is 2.36 bits per heavy atom. The van der Waals surface area contributed by atoms with E-state index in [-0.39, 0.29) is 0 Å². The first-order valence-electron chi connectivity index (χ1n) is 4.03. The van der Waals surface area contributed by atoms with E-state index in [4.69, 9.17) is 5.73 Å². The molecule has 2 heteroatoms. The molecule has 0 bridgehead atoms. The second-order valence-corrected chi connectivity index (χ2v) is 3.95. The third kappa shape index (κ3) is 2.04. The van der Waals surface area contributed by atoms with E-state index >= 15 is 0 Å². The number of thiophene rings is 1. The average molecular weight is 169 g/mol. The number of hydrogen-bond acceptors (Lipinski definition) is 2. The molecule has 1 aromatic rings. The van der Waals surface area contributed by atoms with Crippen molar-refractivity contribution < 1.29 is 0 Å². The predicted octanol–water partition coefficient (Wildman–Crippen LogP) is 2.51. The van der Waals surface area contributed by atoms with Crippen LogP contribution in [0.4, 0.5) is 0 Å². The number of aryl methyl sites for hydroxylation is 1. The molecule has 0 fully saturated rings. The summed E-state index contributed by atoms with van der Waals surface area (Å²) in [7, 11) is 0. The molecule has 1 unspecified atom stereocenters. The highest BCUT2D eigenvalue weighted by molar-refractivity contribution is 7.10. The lowest BCUT2D eigenvalue weighted by Gasteiger charge is -2.08. The van der Waals surface area contributed by atoms with Gasteiger partial charge in [-0.05, 0) is 42.8 Å². The van der Waals surface area contributed by atoms with Crippen molar-refractivity contribution in [2.75, 3.05) is 6.54 Å². The topological polar surface area (TPSA) is 26.0 Å². The maximum atomic E-state index is 5.63. The summed E-state index contributed by atoms with van der Waals surface area (Å²) in [5.41, 5.74) is 7.04. The van der Waals surface area contributed by atoms with Crippen LogP contribution in [0.2, 0.25) is 0 Å². The summed E-state index contributed by atoms with van der Waals surface area (Å²) in [6.45, 7) is 5.09. The van der Waals surface area contributed by atoms with Gasteiger partial charge < -0.3 is 5.73 Å². The Balaban J connectivity index is 2.73. The summed E-state index contributed by atoms with van der Waals surface area (Å²) >= 11 is 1.81. The van der Waals surface area contributed by atoms with Gasteiger partial charge in [-0.1, -0.05) is 6.92 Å². The van der Waals surface area contributed by atoms with Gasteiger partial charge in [0.1, 0.15) is 0 Å². The van der Waals surface area contributed by atoms with Crippen LogP contribution in [0.1, 0.15) is 29.7 Å². The normalized spacial score (nSPS) is 13.4. The third-order valence-corrected chi connectivity index (χ3v) is 2.88. The predicted molar refractivity (Wildman–Crippen MR) is 51.1 cm³/mol. The van der Waals surface area contributed by atoms with Gasteiger partial charge in [-0.3, -0.25) is 0 Å². The van der Waals surface area contributed by atoms with Crippen molar-refractivity contribution >= 4 is 11.3 Å². The Kier molecular flexibility index (Phi) is 3.09. The lowest BCUT2D eigenvalue weighted by molar-refractivity contribution is 0.676. The minimum Gasteiger partial charge on any atom is -0.330 e. The highest BCUT2D eigenvalue weighted by Crippen LogP contribution is 2.23. The maximum absolute atomic E-state index is 5.63. The molecule has 0 radical (unpaired) electrons. The van der Waals surface area contributed by atoms with Gasteiger partial charge in [-0.15, -0.1) is 11.3 Å². The first kappa shape index (κ1) is 8.75. The van der Waals surface area contributed by atoms with E-state index in [1.807, 2.05) is 11.3 Å². The zero-order valence-electron chi connectivity index (χ0n) is 7.13. The van der Waals surface area contributed by atoms with Crippen LogP contribution >= 0.6 is 11.3 Å². The van der Waals surface area contributed by atoms with E-state index in [1.165, 1.54) is 10.4 Å². The molecule has 1 atom stereocenters. The zero-order valence-corrected chi connectivity index (χ0v) is 7.95. The van der Waals surface area contributed by atoms with Crippen molar-refractivity contribution in [1.82, 2.24) is 0 Å². The Labute approximate surface area is 72.2 Å². The van der Waals surface area contributed by atoms with E-state index < -0.39 is 0 Å². The van der Waals surface area contributed by atoms with E-state index in [0.29, 0.717) is 5.92 Å². The molecule has 0 aromatic carbocycles. The molecule has 1 rings (SSSR count). The number of hydrogen-bond donors (Lipinski definition) is 1. The van der Waals surface area contributed by atoms with Crippen LogP contribution < -0.4 is 5.73 Å². The molecule has 1 nitrogen and oxygen atoms in total. The van der Waals surface area contributed by atoms with Crippen LogP contribution in [-0.4, -0.2) is 6.54 Å². The van der Waals surface area contributed by atoms with Crippen LogP contribution in [-0.2, 0) is 0 Å². The Hall–Kier alpha value is -0.340. The average Bonchev–Trinajstić information content (AvgIpc) is 2.39. The highest BCUT2D eigenvalue weighted by Gasteiger charge is 2.07. The first-order valence-corrected chi connectivity index (χ1v) is 4.91. The second-order valence-electron chi connectivity index (χ2n) is 2.83. The van der Waals surface area contributed by atoms with E-state index in [2.05, 4.69) is 25.3 Å². The molecule has 0 saturated carbocycles. The van der Waals surface area contributed by atoms with Gasteiger partial charge in [-0.25, -0.2) is 0 Å². The zero-order chi connectivity index (χ0) is 8.27. The van der Waals surface area contributed by atoms with Crippen molar-refractivity contribution in [3.8, 4) is 0 Å². The minimum absolute atomic E-state index is 0.569. The Morgan fingerprint density at radius 1 is 1.64 bits per heavy atom. The molecule has 0 aliphatic carbocycles. The molecular weight excluding hydrogens is 154 g/mol. The van der Waals surface area contributed by atoms with Gasteiger partial charge in [0.15, 0.2) is 0 Å². The van der Waals surface area contributed by atoms with Gasteiger partial charge in [0.05, 0.1) is 0 Å². The van der Waals surface area contributed by atoms with Crippen LogP contribution in [0.25, 0.3) is 0 Å².